The number of carbonyl (C=O) groups is 1. The fourth-order valence-corrected chi connectivity index (χ4v) is 2.03. The molecular weight excluding hydrogens is 413 g/mol. The average Bonchev–Trinajstić information content (AvgIpc) is 2.48. The number of nitrogens with zero attached hydrogens (tertiary/aromatic N) is 2. The van der Waals surface area contributed by atoms with Gasteiger partial charge in [-0.3, -0.25) is 5.21 Å². The Bertz CT molecular complexity index is 615. The van der Waals surface area contributed by atoms with Gasteiger partial charge in [-0.15, -0.1) is 0 Å². The minimum Gasteiger partial charge on any atom is -0.462 e. The summed E-state index contributed by atoms with van der Waals surface area (Å²) >= 11 is 4.23. The van der Waals surface area contributed by atoms with Crippen LogP contribution in [0.25, 0.3) is 0 Å². The first-order valence-electron chi connectivity index (χ1n) is 5.63. The normalized spacial score (nSPS) is 10.7. The maximum Gasteiger partial charge on any atom is 0.350 e. The fourth-order valence-electron chi connectivity index (χ4n) is 1.27. The van der Waals surface area contributed by atoms with Crippen LogP contribution in [-0.4, -0.2) is 17.8 Å². The zero-order valence-electron chi connectivity index (χ0n) is 10.8. The molecule has 2 N–H and O–H groups in total. The number of hydrogen-bond acceptors (Lipinski definition) is 6. The van der Waals surface area contributed by atoms with Crippen molar-refractivity contribution in [3.63, 3.8) is 0 Å². The van der Waals surface area contributed by atoms with Gasteiger partial charge in [0.2, 0.25) is 0 Å². The molecule has 7 nitrogen and oxygen atoms in total. The van der Waals surface area contributed by atoms with E-state index in [1.165, 1.54) is 24.4 Å². The molecule has 0 fully saturated rings. The van der Waals surface area contributed by atoms with E-state index in [2.05, 4.69) is 5.32 Å². The van der Waals surface area contributed by atoms with Crippen molar-refractivity contribution in [1.29, 1.82) is 5.26 Å². The number of esters is 1. The fraction of sp³-hybridized carbons (Fsp3) is 0.167. The minimum atomic E-state index is -1.75. The minimum absolute atomic E-state index is 0.165. The highest BCUT2D eigenvalue weighted by molar-refractivity contribution is 14.1. The molecule has 0 atom stereocenters. The summed E-state index contributed by atoms with van der Waals surface area (Å²) in [6, 6.07) is 6.10. The van der Waals surface area contributed by atoms with Crippen molar-refractivity contribution < 1.29 is 17.8 Å². The lowest BCUT2D eigenvalue weighted by Crippen LogP contribution is -2.08. The van der Waals surface area contributed by atoms with Gasteiger partial charge in [-0.1, -0.05) is 11.6 Å². The molecule has 0 saturated heterocycles. The SMILES string of the molecule is CCOC(=O)/C(C#N)=C\Nc1ccc(N(O)I=O)cc1Cl. The van der Waals surface area contributed by atoms with Crippen LogP contribution in [-0.2, 0) is 12.6 Å². The van der Waals surface area contributed by atoms with Crippen LogP contribution in [0, 0.1) is 11.3 Å². The van der Waals surface area contributed by atoms with E-state index in [0.717, 1.165) is 0 Å². The van der Waals surface area contributed by atoms with Crippen LogP contribution in [0.15, 0.2) is 30.0 Å². The topological polar surface area (TPSA) is 103 Å². The zero-order chi connectivity index (χ0) is 15.8. The first-order chi connectivity index (χ1) is 10.0. The molecule has 0 heterocycles. The van der Waals surface area contributed by atoms with Gasteiger partial charge in [0.05, 0.1) is 23.0 Å². The van der Waals surface area contributed by atoms with Gasteiger partial charge < -0.3 is 10.1 Å². The Hall–Kier alpha value is -1.70. The largest absolute Gasteiger partial charge is 0.462 e. The predicted molar refractivity (Wildman–Crippen MR) is 84.4 cm³/mol. The van der Waals surface area contributed by atoms with Crippen molar-refractivity contribution in [2.75, 3.05) is 15.2 Å². The average molecular weight is 424 g/mol. The van der Waals surface area contributed by atoms with Gasteiger partial charge in [-0.25, -0.2) is 7.86 Å². The number of halogens is 2. The highest BCUT2D eigenvalue weighted by atomic mass is 127. The molecule has 0 saturated carbocycles. The zero-order valence-corrected chi connectivity index (χ0v) is 13.8. The summed E-state index contributed by atoms with van der Waals surface area (Å²) < 4.78 is 16.0. The molecule has 1 rings (SSSR count). The Morgan fingerprint density at radius 3 is 2.90 bits per heavy atom. The summed E-state index contributed by atoms with van der Waals surface area (Å²) in [5, 5.41) is 21.1. The number of carbonyl (C=O) groups excluding carboxylic acids is 1. The molecule has 1 aromatic carbocycles. The van der Waals surface area contributed by atoms with E-state index >= 15 is 0 Å². The van der Waals surface area contributed by atoms with E-state index < -0.39 is 27.4 Å². The van der Waals surface area contributed by atoms with Crippen LogP contribution in [0.1, 0.15) is 6.92 Å². The second-order valence-corrected chi connectivity index (χ2v) is 5.24. The first kappa shape index (κ1) is 17.4. The van der Waals surface area contributed by atoms with Crippen LogP contribution in [0.5, 0.6) is 0 Å². The van der Waals surface area contributed by atoms with Crippen molar-refractivity contribution in [3.8, 4) is 6.07 Å². The molecule has 0 bridgehead atoms. The molecule has 1 aromatic rings. The second kappa shape index (κ2) is 8.56. The number of ether oxygens (including phenoxy) is 1. The smallest absolute Gasteiger partial charge is 0.350 e. The van der Waals surface area contributed by atoms with Crippen molar-refractivity contribution in [2.45, 2.75) is 6.92 Å². The summed E-state index contributed by atoms with van der Waals surface area (Å²) in [7, 11) is 0. The number of benzene rings is 1. The number of hydrogen-bond donors (Lipinski definition) is 2. The molecular formula is C12H11ClIN3O4. The monoisotopic (exact) mass is 423 g/mol. The lowest BCUT2D eigenvalue weighted by molar-refractivity contribution is -0.138. The molecule has 112 valence electrons. The molecule has 0 aromatic heterocycles. The second-order valence-electron chi connectivity index (χ2n) is 3.53. The van der Waals surface area contributed by atoms with Crippen molar-refractivity contribution >= 4 is 50.4 Å². The molecule has 0 unspecified atom stereocenters. The van der Waals surface area contributed by atoms with Gasteiger partial charge in [0.1, 0.15) is 6.07 Å². The Kier molecular flexibility index (Phi) is 7.07. The summed E-state index contributed by atoms with van der Waals surface area (Å²) in [5.74, 6) is -0.738. The third-order valence-corrected chi connectivity index (χ3v) is 3.46. The molecule has 0 aliphatic heterocycles. The van der Waals surface area contributed by atoms with Gasteiger partial charge >= 0.3 is 5.97 Å². The molecule has 0 amide bonds. The number of rotatable bonds is 6. The highest BCUT2D eigenvalue weighted by Crippen LogP contribution is 2.29. The van der Waals surface area contributed by atoms with Crippen molar-refractivity contribution in [3.05, 3.63) is 35.0 Å². The predicted octanol–water partition coefficient (Wildman–Crippen LogP) is 3.15. The molecule has 0 aliphatic rings. The molecule has 0 radical (unpaired) electrons. The lowest BCUT2D eigenvalue weighted by atomic mass is 10.2. The van der Waals surface area contributed by atoms with Gasteiger partial charge in [-0.05, 0) is 25.1 Å². The quantitative estimate of drug-likeness (QED) is 0.181. The van der Waals surface area contributed by atoms with E-state index in [0.29, 0.717) is 8.96 Å². The van der Waals surface area contributed by atoms with Gasteiger partial charge in [0.25, 0.3) is 21.5 Å². The molecule has 0 aliphatic carbocycles. The van der Waals surface area contributed by atoms with E-state index in [-0.39, 0.29) is 22.9 Å². The highest BCUT2D eigenvalue weighted by Gasteiger charge is 2.10. The van der Waals surface area contributed by atoms with Crippen LogP contribution < -0.4 is 8.59 Å². The maximum atomic E-state index is 11.4. The third kappa shape index (κ3) is 4.96. The van der Waals surface area contributed by atoms with Crippen LogP contribution in [0.3, 0.4) is 0 Å². The summed E-state index contributed by atoms with van der Waals surface area (Å²) in [4.78, 5) is 11.4. The maximum absolute atomic E-state index is 11.4. The number of nitriles is 1. The van der Waals surface area contributed by atoms with Crippen LogP contribution >= 0.6 is 33.1 Å². The Morgan fingerprint density at radius 2 is 2.38 bits per heavy atom. The third-order valence-electron chi connectivity index (χ3n) is 2.22. The molecule has 21 heavy (non-hydrogen) atoms. The first-order valence-corrected chi connectivity index (χ1v) is 7.85. The van der Waals surface area contributed by atoms with Crippen molar-refractivity contribution in [1.82, 2.24) is 0 Å². The number of anilines is 2. The van der Waals surface area contributed by atoms with Crippen LogP contribution in [0.4, 0.5) is 11.4 Å². The van der Waals surface area contributed by atoms with E-state index in [4.69, 9.17) is 21.6 Å². The Morgan fingerprint density at radius 1 is 1.67 bits per heavy atom. The molecule has 0 spiro atoms. The van der Waals surface area contributed by atoms with E-state index in [1.807, 2.05) is 0 Å². The van der Waals surface area contributed by atoms with Gasteiger partial charge in [0, 0.05) is 6.20 Å². The van der Waals surface area contributed by atoms with E-state index in [1.54, 1.807) is 13.0 Å². The van der Waals surface area contributed by atoms with Crippen LogP contribution in [0.2, 0.25) is 5.02 Å². The summed E-state index contributed by atoms with van der Waals surface area (Å²) in [5.41, 5.74) is 0.490. The lowest BCUT2D eigenvalue weighted by Gasteiger charge is -2.10. The molecule has 9 heteroatoms. The summed E-state index contributed by atoms with van der Waals surface area (Å²) in [6.45, 7) is 1.80. The van der Waals surface area contributed by atoms with Gasteiger partial charge in [-0.2, -0.15) is 8.54 Å². The van der Waals surface area contributed by atoms with Gasteiger partial charge in [0.15, 0.2) is 5.57 Å². The summed E-state index contributed by atoms with van der Waals surface area (Å²) in [6.07, 6.45) is 1.18. The van der Waals surface area contributed by atoms with E-state index in [9.17, 15) is 13.1 Å². The Labute approximate surface area is 136 Å². The standard InChI is InChI=1S/C12H11ClIN3O4/c1-2-21-12(18)8(6-15)7-16-11-4-3-9(5-10(11)13)17(20)14-19/h3-5,7,16,20H,2H2,1H3/b8-7-. The Balaban J connectivity index is 2.91. The van der Waals surface area contributed by atoms with Crippen molar-refractivity contribution in [2.24, 2.45) is 0 Å². The number of nitrogens with one attached hydrogen (secondary N) is 1.